The third kappa shape index (κ3) is 5.84. The number of carbonyl (C=O) groups is 2. The molecule has 2 aliphatic rings. The van der Waals surface area contributed by atoms with Gasteiger partial charge in [0.05, 0.1) is 6.04 Å². The molecule has 0 radical (unpaired) electrons. The van der Waals surface area contributed by atoms with Gasteiger partial charge < -0.3 is 10.2 Å². The van der Waals surface area contributed by atoms with E-state index in [1.165, 1.54) is 31.2 Å². The van der Waals surface area contributed by atoms with E-state index >= 15 is 0 Å². The summed E-state index contributed by atoms with van der Waals surface area (Å²) in [6.45, 7) is 9.16. The lowest BCUT2D eigenvalue weighted by atomic mass is 9.94. The Balaban J connectivity index is 1.59. The van der Waals surface area contributed by atoms with Crippen LogP contribution in [0.15, 0.2) is 24.3 Å². The number of benzene rings is 1. The van der Waals surface area contributed by atoms with Gasteiger partial charge in [-0.25, -0.2) is 0 Å². The van der Waals surface area contributed by atoms with Crippen molar-refractivity contribution in [3.8, 4) is 0 Å². The monoisotopic (exact) mass is 413 g/mol. The van der Waals surface area contributed by atoms with Crippen molar-refractivity contribution in [1.82, 2.24) is 15.1 Å². The summed E-state index contributed by atoms with van der Waals surface area (Å²) in [5, 5.41) is 3.14. The largest absolute Gasteiger partial charge is 0.353 e. The molecule has 1 atom stereocenters. The number of rotatable bonds is 8. The summed E-state index contributed by atoms with van der Waals surface area (Å²) in [5.74, 6) is 0.724. The number of amides is 2. The van der Waals surface area contributed by atoms with Gasteiger partial charge in [-0.15, -0.1) is 0 Å². The molecule has 1 N–H and O–H groups in total. The van der Waals surface area contributed by atoms with Crippen molar-refractivity contribution >= 4 is 11.8 Å². The van der Waals surface area contributed by atoms with Crippen molar-refractivity contribution < 1.29 is 9.59 Å². The molecule has 0 bridgehead atoms. The van der Waals surface area contributed by atoms with Crippen LogP contribution in [0.25, 0.3) is 0 Å². The second kappa shape index (κ2) is 10.9. The quantitative estimate of drug-likeness (QED) is 0.704. The van der Waals surface area contributed by atoms with Gasteiger partial charge >= 0.3 is 0 Å². The Bertz CT molecular complexity index is 687. The van der Waals surface area contributed by atoms with Crippen LogP contribution in [-0.2, 0) is 11.2 Å². The average molecular weight is 414 g/mol. The molecule has 5 heteroatoms. The van der Waals surface area contributed by atoms with E-state index in [2.05, 4.69) is 29.3 Å². The number of unbranched alkanes of at least 4 members (excludes halogenated alkanes) is 1. The Morgan fingerprint density at radius 1 is 1.03 bits per heavy atom. The van der Waals surface area contributed by atoms with Gasteiger partial charge in [0.15, 0.2) is 0 Å². The maximum atomic E-state index is 13.0. The maximum absolute atomic E-state index is 13.0. The van der Waals surface area contributed by atoms with Gasteiger partial charge in [-0.2, -0.15) is 0 Å². The Hall–Kier alpha value is -1.88. The summed E-state index contributed by atoms with van der Waals surface area (Å²) < 4.78 is 0. The summed E-state index contributed by atoms with van der Waals surface area (Å²) >= 11 is 0. The fraction of sp³-hybridized carbons (Fsp3) is 0.680. The van der Waals surface area contributed by atoms with Crippen molar-refractivity contribution in [3.63, 3.8) is 0 Å². The molecule has 3 rings (SSSR count). The molecule has 2 fully saturated rings. The van der Waals surface area contributed by atoms with E-state index in [4.69, 9.17) is 0 Å². The highest BCUT2D eigenvalue weighted by Gasteiger charge is 2.37. The molecule has 1 saturated carbocycles. The number of hydrogen-bond acceptors (Lipinski definition) is 3. The van der Waals surface area contributed by atoms with Crippen LogP contribution < -0.4 is 5.32 Å². The van der Waals surface area contributed by atoms with Crippen LogP contribution in [0.2, 0.25) is 0 Å². The van der Waals surface area contributed by atoms with Crippen LogP contribution in [0.4, 0.5) is 0 Å². The van der Waals surface area contributed by atoms with Crippen LogP contribution in [-0.4, -0.2) is 59.9 Å². The zero-order chi connectivity index (χ0) is 21.5. The number of piperazine rings is 1. The van der Waals surface area contributed by atoms with E-state index in [-0.39, 0.29) is 23.9 Å². The molecule has 5 nitrogen and oxygen atoms in total. The molecule has 1 aliphatic heterocycles. The predicted octanol–water partition coefficient (Wildman–Crippen LogP) is 3.87. The summed E-state index contributed by atoms with van der Waals surface area (Å²) in [5.41, 5.74) is 2.07. The van der Waals surface area contributed by atoms with Crippen LogP contribution in [0, 0.1) is 5.92 Å². The molecular weight excluding hydrogens is 374 g/mol. The topological polar surface area (TPSA) is 52.7 Å². The first-order valence-corrected chi connectivity index (χ1v) is 11.9. The molecule has 166 valence electrons. The van der Waals surface area contributed by atoms with E-state index in [1.54, 1.807) is 0 Å². The number of aryl methyl sites for hydroxylation is 1. The third-order valence-corrected chi connectivity index (χ3v) is 6.56. The minimum absolute atomic E-state index is 0.0509. The standard InChI is InChI=1S/C25H39N3O2/c1-4-5-8-20-11-13-22(14-12-20)25(30)28-17-15-27(16-18-28)23(21-9-6-7-10-21)24(29)26-19(2)3/h11-14,19,21,23H,4-10,15-18H2,1-3H3,(H,26,29). The minimum atomic E-state index is -0.0509. The molecule has 1 heterocycles. The van der Waals surface area contributed by atoms with Gasteiger partial charge in [-0.05, 0) is 63.1 Å². The van der Waals surface area contributed by atoms with Gasteiger partial charge in [0, 0.05) is 37.8 Å². The molecule has 0 aromatic heterocycles. The fourth-order valence-corrected chi connectivity index (χ4v) is 4.90. The summed E-state index contributed by atoms with van der Waals surface area (Å²) in [7, 11) is 0. The van der Waals surface area contributed by atoms with Crippen molar-refractivity contribution in [3.05, 3.63) is 35.4 Å². The predicted molar refractivity (Wildman–Crippen MR) is 122 cm³/mol. The SMILES string of the molecule is CCCCc1ccc(C(=O)N2CCN(C(C(=O)NC(C)C)C3CCCC3)CC2)cc1. The van der Waals surface area contributed by atoms with Crippen molar-refractivity contribution in [2.75, 3.05) is 26.2 Å². The molecule has 2 amide bonds. The van der Waals surface area contributed by atoms with Crippen LogP contribution in [0.1, 0.15) is 75.2 Å². The second-order valence-electron chi connectivity index (χ2n) is 9.28. The molecule has 1 saturated heterocycles. The van der Waals surface area contributed by atoms with E-state index in [0.29, 0.717) is 19.0 Å². The summed E-state index contributed by atoms with van der Waals surface area (Å²) in [4.78, 5) is 30.2. The lowest BCUT2D eigenvalue weighted by molar-refractivity contribution is -0.129. The van der Waals surface area contributed by atoms with E-state index in [0.717, 1.165) is 37.9 Å². The Morgan fingerprint density at radius 2 is 1.67 bits per heavy atom. The lowest BCUT2D eigenvalue weighted by Crippen LogP contribution is -2.58. The number of nitrogens with one attached hydrogen (secondary N) is 1. The number of carbonyl (C=O) groups excluding carboxylic acids is 2. The van der Waals surface area contributed by atoms with Crippen molar-refractivity contribution in [2.24, 2.45) is 5.92 Å². The molecule has 30 heavy (non-hydrogen) atoms. The van der Waals surface area contributed by atoms with Gasteiger partial charge in [0.2, 0.25) is 5.91 Å². The number of nitrogens with zero attached hydrogens (tertiary/aromatic N) is 2. The van der Waals surface area contributed by atoms with Crippen molar-refractivity contribution in [1.29, 1.82) is 0 Å². The van der Waals surface area contributed by atoms with Crippen LogP contribution >= 0.6 is 0 Å². The van der Waals surface area contributed by atoms with E-state index < -0.39 is 0 Å². The van der Waals surface area contributed by atoms with Gasteiger partial charge in [0.1, 0.15) is 0 Å². The third-order valence-electron chi connectivity index (χ3n) is 6.56. The summed E-state index contributed by atoms with van der Waals surface area (Å²) in [6, 6.07) is 8.22. The molecule has 1 aromatic rings. The van der Waals surface area contributed by atoms with Crippen LogP contribution in [0.3, 0.4) is 0 Å². The Labute approximate surface area is 182 Å². The van der Waals surface area contributed by atoms with Gasteiger partial charge in [-0.3, -0.25) is 14.5 Å². The van der Waals surface area contributed by atoms with Gasteiger partial charge in [0.25, 0.3) is 5.91 Å². The van der Waals surface area contributed by atoms with Crippen molar-refractivity contribution in [2.45, 2.75) is 77.8 Å². The number of hydrogen-bond donors (Lipinski definition) is 1. The first-order valence-electron chi connectivity index (χ1n) is 11.9. The highest BCUT2D eigenvalue weighted by molar-refractivity contribution is 5.94. The second-order valence-corrected chi connectivity index (χ2v) is 9.28. The maximum Gasteiger partial charge on any atom is 0.253 e. The summed E-state index contributed by atoms with van der Waals surface area (Å²) in [6.07, 6.45) is 8.17. The normalized spacial score (nSPS) is 19.3. The molecule has 1 unspecified atom stereocenters. The zero-order valence-electron chi connectivity index (χ0n) is 19.0. The molecule has 0 spiro atoms. The highest BCUT2D eigenvalue weighted by Crippen LogP contribution is 2.31. The molecule has 1 aromatic carbocycles. The minimum Gasteiger partial charge on any atom is -0.353 e. The Kier molecular flexibility index (Phi) is 8.32. The van der Waals surface area contributed by atoms with Gasteiger partial charge in [-0.1, -0.05) is 38.3 Å². The van der Waals surface area contributed by atoms with Crippen LogP contribution in [0.5, 0.6) is 0 Å². The van der Waals surface area contributed by atoms with E-state index in [1.807, 2.05) is 30.9 Å². The zero-order valence-corrected chi connectivity index (χ0v) is 19.0. The first kappa shape index (κ1) is 22.8. The highest BCUT2D eigenvalue weighted by atomic mass is 16.2. The lowest BCUT2D eigenvalue weighted by Gasteiger charge is -2.41. The first-order chi connectivity index (χ1) is 14.5. The average Bonchev–Trinajstić information content (AvgIpc) is 3.26. The Morgan fingerprint density at radius 3 is 2.23 bits per heavy atom. The smallest absolute Gasteiger partial charge is 0.253 e. The van der Waals surface area contributed by atoms with E-state index in [9.17, 15) is 9.59 Å². The fourth-order valence-electron chi connectivity index (χ4n) is 4.90. The molecule has 1 aliphatic carbocycles. The molecular formula is C25H39N3O2.